The average Bonchev–Trinajstić information content (AvgIpc) is 2.56. The van der Waals surface area contributed by atoms with Crippen molar-refractivity contribution in [3.8, 4) is 28.7 Å². The summed E-state index contributed by atoms with van der Waals surface area (Å²) in [5, 5.41) is 0. The van der Waals surface area contributed by atoms with Gasteiger partial charge < -0.3 is 0 Å². The van der Waals surface area contributed by atoms with E-state index in [0.717, 1.165) is 34.3 Å². The van der Waals surface area contributed by atoms with Gasteiger partial charge in [-0.15, -0.1) is 0 Å². The molecule has 24 heavy (non-hydrogen) atoms. The fourth-order valence-corrected chi connectivity index (χ4v) is 3.03. The van der Waals surface area contributed by atoms with Crippen molar-refractivity contribution in [3.05, 3.63) is 78.4 Å². The van der Waals surface area contributed by atoms with Crippen LogP contribution in [0.15, 0.2) is 72.8 Å². The van der Waals surface area contributed by atoms with Crippen molar-refractivity contribution in [2.45, 2.75) is 12.7 Å². The predicted octanol–water partition coefficient (Wildman–Crippen LogP) is 5.63. The van der Waals surface area contributed by atoms with Crippen molar-refractivity contribution in [1.29, 1.82) is 0 Å². The number of aryl methyl sites for hydroxylation is 1. The van der Waals surface area contributed by atoms with E-state index in [1.165, 1.54) is 0 Å². The molecule has 0 heterocycles. The van der Waals surface area contributed by atoms with Gasteiger partial charge in [-0.05, 0) is 6.92 Å². The molecule has 0 aliphatic heterocycles. The van der Waals surface area contributed by atoms with Crippen LogP contribution in [0.25, 0.3) is 0 Å². The zero-order valence-corrected chi connectivity index (χ0v) is 15.8. The Morgan fingerprint density at radius 1 is 0.625 bits per heavy atom. The van der Waals surface area contributed by atoms with Gasteiger partial charge in [0, 0.05) is 0 Å². The van der Waals surface area contributed by atoms with Crippen LogP contribution in [0.1, 0.15) is 5.56 Å². The second kappa shape index (κ2) is 7.93. The van der Waals surface area contributed by atoms with Gasteiger partial charge in [0.25, 0.3) is 0 Å². The Labute approximate surface area is 149 Å². The van der Waals surface area contributed by atoms with Crippen LogP contribution in [0.2, 0.25) is 5.76 Å². The molecule has 0 aliphatic carbocycles. The van der Waals surface area contributed by atoms with Crippen molar-refractivity contribution in [2.24, 2.45) is 0 Å². The predicted molar refractivity (Wildman–Crippen MR) is 96.5 cm³/mol. The first-order chi connectivity index (χ1) is 11.7. The molecular weight excluding hydrogens is 361 g/mol. The summed E-state index contributed by atoms with van der Waals surface area (Å²) in [5.74, 6) is 5.97. The molecule has 0 aliphatic rings. The molecule has 0 amide bonds. The van der Waals surface area contributed by atoms with Gasteiger partial charge in [-0.1, -0.05) is 6.07 Å². The molecule has 0 bridgehead atoms. The first-order valence-corrected chi connectivity index (χ1v) is 10.6. The molecule has 0 aromatic heterocycles. The standard InChI is InChI=1S/C20H18GeO3/c1-15-6-3-7-16(12-15)22-17-8-4-9-18(13-17)23-19-10-5-11-20(14-19)24-21-2/h3-14H,1-2H3. The third kappa shape index (κ3) is 4.55. The summed E-state index contributed by atoms with van der Waals surface area (Å²) in [6.45, 7) is 2.04. The Balaban J connectivity index is 1.74. The quantitative estimate of drug-likeness (QED) is 0.520. The van der Waals surface area contributed by atoms with Gasteiger partial charge >= 0.3 is 136 Å². The van der Waals surface area contributed by atoms with Gasteiger partial charge in [0.15, 0.2) is 0 Å². The average molecular weight is 379 g/mol. The van der Waals surface area contributed by atoms with Gasteiger partial charge in [-0.25, -0.2) is 0 Å². The fourth-order valence-electron chi connectivity index (χ4n) is 2.27. The Kier molecular flexibility index (Phi) is 5.44. The van der Waals surface area contributed by atoms with E-state index in [4.69, 9.17) is 13.2 Å². The van der Waals surface area contributed by atoms with Crippen molar-refractivity contribution < 1.29 is 13.2 Å². The Morgan fingerprint density at radius 3 is 1.62 bits per heavy atom. The van der Waals surface area contributed by atoms with E-state index in [1.54, 1.807) is 0 Å². The van der Waals surface area contributed by atoms with E-state index in [-0.39, 0.29) is 15.8 Å². The second-order valence-electron chi connectivity index (χ2n) is 5.28. The maximum atomic E-state index is 5.92. The van der Waals surface area contributed by atoms with E-state index < -0.39 is 0 Å². The molecule has 0 fully saturated rings. The van der Waals surface area contributed by atoms with E-state index in [1.807, 2.05) is 79.7 Å². The zero-order chi connectivity index (χ0) is 16.8. The van der Waals surface area contributed by atoms with Crippen LogP contribution in [-0.2, 0) is 0 Å². The number of rotatable bonds is 6. The Hall–Kier alpha value is -2.40. The Morgan fingerprint density at radius 2 is 1.08 bits per heavy atom. The number of hydrogen-bond donors (Lipinski definition) is 0. The number of hydrogen-bond acceptors (Lipinski definition) is 3. The summed E-state index contributed by atoms with van der Waals surface area (Å²) in [6, 6.07) is 23.3. The van der Waals surface area contributed by atoms with Crippen LogP contribution in [0.5, 0.6) is 28.7 Å². The topological polar surface area (TPSA) is 27.7 Å². The number of ether oxygens (including phenoxy) is 2. The molecule has 0 N–H and O–H groups in total. The molecule has 3 nitrogen and oxygen atoms in total. The van der Waals surface area contributed by atoms with Gasteiger partial charge in [0.2, 0.25) is 0 Å². The zero-order valence-electron chi connectivity index (χ0n) is 13.7. The van der Waals surface area contributed by atoms with Gasteiger partial charge in [-0.3, -0.25) is 0 Å². The summed E-state index contributed by atoms with van der Waals surface area (Å²) in [7, 11) is 0. The molecule has 0 atom stereocenters. The third-order valence-electron chi connectivity index (χ3n) is 3.29. The van der Waals surface area contributed by atoms with Gasteiger partial charge in [-0.2, -0.15) is 0 Å². The van der Waals surface area contributed by atoms with Gasteiger partial charge in [0.1, 0.15) is 0 Å². The van der Waals surface area contributed by atoms with Crippen molar-refractivity contribution in [3.63, 3.8) is 0 Å². The first kappa shape index (κ1) is 16.5. The summed E-state index contributed by atoms with van der Waals surface area (Å²) in [4.78, 5) is 0. The van der Waals surface area contributed by atoms with Crippen molar-refractivity contribution >= 4 is 15.8 Å². The SMILES string of the molecule is [CH3][Ge][O]c1cccc(Oc2cccc(Oc3cccc(C)c3)c2)c1. The molecule has 120 valence electrons. The monoisotopic (exact) mass is 380 g/mol. The van der Waals surface area contributed by atoms with Crippen LogP contribution in [0.4, 0.5) is 0 Å². The first-order valence-electron chi connectivity index (χ1n) is 7.69. The molecule has 0 saturated heterocycles. The van der Waals surface area contributed by atoms with Crippen molar-refractivity contribution in [1.82, 2.24) is 0 Å². The normalized spacial score (nSPS) is 10.2. The summed E-state index contributed by atoms with van der Waals surface area (Å²) in [5.41, 5.74) is 1.16. The molecule has 0 unspecified atom stereocenters. The van der Waals surface area contributed by atoms with Crippen LogP contribution < -0.4 is 13.2 Å². The summed E-state index contributed by atoms with van der Waals surface area (Å²) in [6.07, 6.45) is 0. The molecule has 4 heteroatoms. The van der Waals surface area contributed by atoms with E-state index in [0.29, 0.717) is 0 Å². The van der Waals surface area contributed by atoms with E-state index in [2.05, 4.69) is 5.76 Å². The molecular formula is C20H18GeO3. The van der Waals surface area contributed by atoms with Crippen LogP contribution >= 0.6 is 0 Å². The molecule has 2 radical (unpaired) electrons. The molecule has 0 spiro atoms. The molecule has 3 rings (SSSR count). The fraction of sp³-hybridized carbons (Fsp3) is 0.100. The molecule has 3 aromatic carbocycles. The third-order valence-corrected chi connectivity index (χ3v) is 4.21. The minimum atomic E-state index is -0.378. The second-order valence-corrected chi connectivity index (χ2v) is 6.56. The Bertz CT molecular complexity index is 817. The molecule has 0 saturated carbocycles. The minimum absolute atomic E-state index is 0.378. The van der Waals surface area contributed by atoms with E-state index >= 15 is 0 Å². The van der Waals surface area contributed by atoms with Crippen molar-refractivity contribution in [2.75, 3.05) is 0 Å². The summed E-state index contributed by atoms with van der Waals surface area (Å²) < 4.78 is 17.4. The summed E-state index contributed by atoms with van der Waals surface area (Å²) >= 11 is -0.378. The van der Waals surface area contributed by atoms with Gasteiger partial charge in [0.05, 0.1) is 0 Å². The van der Waals surface area contributed by atoms with Crippen LogP contribution in [0.3, 0.4) is 0 Å². The number of benzene rings is 3. The van der Waals surface area contributed by atoms with E-state index in [9.17, 15) is 0 Å². The van der Waals surface area contributed by atoms with Crippen LogP contribution in [0, 0.1) is 6.92 Å². The maximum absolute atomic E-state index is 5.92. The molecule has 3 aromatic rings. The van der Waals surface area contributed by atoms with Crippen LogP contribution in [-0.4, -0.2) is 15.8 Å².